The maximum Gasteiger partial charge on any atom is 0.449 e. The summed E-state index contributed by atoms with van der Waals surface area (Å²) in [5, 5.41) is 0. The molecule has 0 aliphatic carbocycles. The smallest absolute Gasteiger partial charge is 0.323 e. The van der Waals surface area contributed by atoms with Crippen LogP contribution in [0.15, 0.2) is 16.6 Å². The maximum atomic E-state index is 12.6. The summed E-state index contributed by atoms with van der Waals surface area (Å²) >= 11 is 2.70. The van der Waals surface area contributed by atoms with Crippen molar-refractivity contribution in [2.75, 3.05) is 0 Å². The lowest BCUT2D eigenvalue weighted by molar-refractivity contribution is -0.146. The minimum absolute atomic E-state index is 0.0350. The number of imidazole rings is 1. The van der Waals surface area contributed by atoms with Crippen molar-refractivity contribution in [3.63, 3.8) is 0 Å². The van der Waals surface area contributed by atoms with E-state index in [0.717, 1.165) is 13.1 Å². The van der Waals surface area contributed by atoms with Crippen molar-refractivity contribution in [1.29, 1.82) is 0 Å². The van der Waals surface area contributed by atoms with Gasteiger partial charge in [-0.05, 0) is 12.1 Å². The second-order valence-corrected chi connectivity index (χ2v) is 4.67. The Kier molecular flexibility index (Phi) is 3.07. The third-order valence-corrected chi connectivity index (χ3v) is 3.18. The molecule has 0 aliphatic heterocycles. The Labute approximate surface area is 111 Å². The molecule has 1 aromatic carbocycles. The zero-order valence-corrected chi connectivity index (χ0v) is 10.8. The molecule has 2 aromatic rings. The largest absolute Gasteiger partial charge is 0.449 e. The van der Waals surface area contributed by atoms with Crippen molar-refractivity contribution in [1.82, 2.24) is 9.55 Å². The molecule has 104 valence electrons. The third-order valence-electron chi connectivity index (χ3n) is 2.53. The lowest BCUT2D eigenvalue weighted by atomic mass is 10.2. The van der Waals surface area contributed by atoms with E-state index in [0.29, 0.717) is 10.6 Å². The standard InChI is InChI=1S/C10H5BrF6N2/c1-19-7-3-5(11)4(9(12,13)14)2-6(7)18-8(19)10(15,16)17/h2-3H,1H3. The van der Waals surface area contributed by atoms with Crippen molar-refractivity contribution < 1.29 is 26.3 Å². The number of hydrogen-bond acceptors (Lipinski definition) is 1. The number of hydrogen-bond donors (Lipinski definition) is 0. The van der Waals surface area contributed by atoms with Crippen LogP contribution in [0.25, 0.3) is 11.0 Å². The summed E-state index contributed by atoms with van der Waals surface area (Å²) in [6.45, 7) is 0. The van der Waals surface area contributed by atoms with Gasteiger partial charge < -0.3 is 4.57 Å². The molecule has 1 aromatic heterocycles. The lowest BCUT2D eigenvalue weighted by Crippen LogP contribution is -2.12. The predicted octanol–water partition coefficient (Wildman–Crippen LogP) is 4.37. The van der Waals surface area contributed by atoms with E-state index in [1.54, 1.807) is 0 Å². The fourth-order valence-electron chi connectivity index (χ4n) is 1.68. The number of halogens is 7. The van der Waals surface area contributed by atoms with Crippen LogP contribution in [0.4, 0.5) is 26.3 Å². The minimum atomic E-state index is -4.72. The molecule has 0 spiro atoms. The Balaban J connectivity index is 2.76. The minimum Gasteiger partial charge on any atom is -0.323 e. The van der Waals surface area contributed by atoms with E-state index in [4.69, 9.17) is 0 Å². The van der Waals surface area contributed by atoms with E-state index in [1.165, 1.54) is 0 Å². The summed E-state index contributed by atoms with van der Waals surface area (Å²) in [5.74, 6) is -1.24. The second kappa shape index (κ2) is 4.12. The molecule has 0 fully saturated rings. The Bertz CT molecular complexity index is 628. The first-order valence-corrected chi connectivity index (χ1v) is 5.61. The molecular formula is C10H5BrF6N2. The van der Waals surface area contributed by atoms with E-state index >= 15 is 0 Å². The first kappa shape index (κ1) is 14.2. The lowest BCUT2D eigenvalue weighted by Gasteiger charge is -2.09. The van der Waals surface area contributed by atoms with Crippen molar-refractivity contribution >= 4 is 27.0 Å². The van der Waals surface area contributed by atoms with Crippen LogP contribution in [0.2, 0.25) is 0 Å². The first-order chi connectivity index (χ1) is 8.51. The Morgan fingerprint density at radius 1 is 1.05 bits per heavy atom. The SMILES string of the molecule is Cn1c(C(F)(F)F)nc2cc(C(F)(F)F)c(Br)cc21. The molecule has 0 aliphatic rings. The second-order valence-electron chi connectivity index (χ2n) is 3.81. The van der Waals surface area contributed by atoms with Crippen LogP contribution >= 0.6 is 15.9 Å². The van der Waals surface area contributed by atoms with Gasteiger partial charge in [-0.1, -0.05) is 15.9 Å². The molecule has 0 N–H and O–H groups in total. The molecule has 0 bridgehead atoms. The number of alkyl halides is 6. The third kappa shape index (κ3) is 2.43. The first-order valence-electron chi connectivity index (χ1n) is 4.82. The summed E-state index contributed by atoms with van der Waals surface area (Å²) in [7, 11) is 1.10. The highest BCUT2D eigenvalue weighted by atomic mass is 79.9. The monoisotopic (exact) mass is 346 g/mol. The topological polar surface area (TPSA) is 17.8 Å². The maximum absolute atomic E-state index is 12.6. The van der Waals surface area contributed by atoms with E-state index < -0.39 is 23.7 Å². The number of aromatic nitrogens is 2. The van der Waals surface area contributed by atoms with Gasteiger partial charge in [-0.25, -0.2) is 4.98 Å². The Morgan fingerprint density at radius 3 is 2.11 bits per heavy atom. The Hall–Kier alpha value is -1.25. The molecule has 0 saturated heterocycles. The van der Waals surface area contributed by atoms with Crippen LogP contribution in [0.1, 0.15) is 11.4 Å². The van der Waals surface area contributed by atoms with Gasteiger partial charge in [0.2, 0.25) is 5.82 Å². The van der Waals surface area contributed by atoms with E-state index in [9.17, 15) is 26.3 Å². The van der Waals surface area contributed by atoms with Crippen LogP contribution in [-0.4, -0.2) is 9.55 Å². The summed E-state index contributed by atoms with van der Waals surface area (Å²) in [6, 6.07) is 1.56. The number of nitrogens with zero attached hydrogens (tertiary/aromatic N) is 2. The molecule has 9 heteroatoms. The van der Waals surface area contributed by atoms with E-state index in [2.05, 4.69) is 20.9 Å². The average Bonchev–Trinajstić information content (AvgIpc) is 2.53. The number of benzene rings is 1. The van der Waals surface area contributed by atoms with Gasteiger partial charge in [-0.3, -0.25) is 0 Å². The Morgan fingerprint density at radius 2 is 1.63 bits per heavy atom. The van der Waals surface area contributed by atoms with Crippen LogP contribution in [0.3, 0.4) is 0 Å². The molecule has 0 saturated carbocycles. The molecule has 19 heavy (non-hydrogen) atoms. The van der Waals surface area contributed by atoms with E-state index in [1.807, 2.05) is 0 Å². The number of rotatable bonds is 0. The summed E-state index contributed by atoms with van der Waals surface area (Å²) in [4.78, 5) is 3.22. The molecule has 0 amide bonds. The fraction of sp³-hybridized carbons (Fsp3) is 0.300. The molecule has 2 nitrogen and oxygen atoms in total. The number of aryl methyl sites for hydroxylation is 1. The van der Waals surface area contributed by atoms with Crippen LogP contribution in [-0.2, 0) is 19.4 Å². The normalized spacial score (nSPS) is 13.3. The van der Waals surface area contributed by atoms with Gasteiger partial charge in [0.05, 0.1) is 16.6 Å². The van der Waals surface area contributed by atoms with Gasteiger partial charge in [0.25, 0.3) is 0 Å². The van der Waals surface area contributed by atoms with Gasteiger partial charge in [0, 0.05) is 11.5 Å². The summed E-state index contributed by atoms with van der Waals surface area (Å²) in [5.41, 5.74) is -1.45. The molecule has 1 heterocycles. The predicted molar refractivity (Wildman–Crippen MR) is 58.4 cm³/mol. The quantitative estimate of drug-likeness (QED) is 0.647. The van der Waals surface area contributed by atoms with Gasteiger partial charge >= 0.3 is 12.4 Å². The van der Waals surface area contributed by atoms with Gasteiger partial charge in [-0.2, -0.15) is 26.3 Å². The van der Waals surface area contributed by atoms with Crippen LogP contribution < -0.4 is 0 Å². The molecule has 2 rings (SSSR count). The number of fused-ring (bicyclic) bond motifs is 1. The highest BCUT2D eigenvalue weighted by Gasteiger charge is 2.38. The zero-order chi connectivity index (χ0) is 14.6. The fourth-order valence-corrected chi connectivity index (χ4v) is 2.24. The highest BCUT2D eigenvalue weighted by molar-refractivity contribution is 9.10. The molecular weight excluding hydrogens is 342 g/mol. The van der Waals surface area contributed by atoms with Crippen molar-refractivity contribution in [2.45, 2.75) is 12.4 Å². The summed E-state index contributed by atoms with van der Waals surface area (Å²) < 4.78 is 76.1. The zero-order valence-electron chi connectivity index (χ0n) is 9.19. The molecule has 0 unspecified atom stereocenters. The molecule has 0 radical (unpaired) electrons. The van der Waals surface area contributed by atoms with E-state index in [-0.39, 0.29) is 15.5 Å². The molecule has 0 atom stereocenters. The average molecular weight is 347 g/mol. The van der Waals surface area contributed by atoms with Crippen molar-refractivity contribution in [3.05, 3.63) is 28.0 Å². The summed E-state index contributed by atoms with van der Waals surface area (Å²) in [6.07, 6.45) is -9.39. The van der Waals surface area contributed by atoms with Gasteiger partial charge in [0.15, 0.2) is 0 Å². The van der Waals surface area contributed by atoms with Crippen molar-refractivity contribution in [2.24, 2.45) is 7.05 Å². The van der Waals surface area contributed by atoms with Gasteiger partial charge in [0.1, 0.15) is 0 Å². The van der Waals surface area contributed by atoms with Crippen LogP contribution in [0, 0.1) is 0 Å². The van der Waals surface area contributed by atoms with Gasteiger partial charge in [-0.15, -0.1) is 0 Å². The van der Waals surface area contributed by atoms with Crippen molar-refractivity contribution in [3.8, 4) is 0 Å². The highest BCUT2D eigenvalue weighted by Crippen LogP contribution is 2.38. The van der Waals surface area contributed by atoms with Crippen LogP contribution in [0.5, 0.6) is 0 Å².